The van der Waals surface area contributed by atoms with E-state index in [-0.39, 0.29) is 36.1 Å². The zero-order valence-electron chi connectivity index (χ0n) is 13.8. The lowest BCUT2D eigenvalue weighted by Crippen LogP contribution is -2.41. The number of rotatable bonds is 5. The average Bonchev–Trinajstić information content (AvgIpc) is 3.34. The van der Waals surface area contributed by atoms with E-state index in [4.69, 9.17) is 4.74 Å². The maximum atomic E-state index is 12.9. The molecule has 0 radical (unpaired) electrons. The smallest absolute Gasteiger partial charge is 0.401 e. The molecular weight excluding hydrogens is 338 g/mol. The number of likely N-dealkylation sites (tertiary alicyclic amines) is 1. The molecule has 1 saturated heterocycles. The Morgan fingerprint density at radius 2 is 1.80 bits per heavy atom. The van der Waals surface area contributed by atoms with Crippen LogP contribution in [0.3, 0.4) is 0 Å². The third-order valence-electron chi connectivity index (χ3n) is 4.96. The molecule has 0 N–H and O–H groups in total. The number of esters is 1. The fourth-order valence-electron chi connectivity index (χ4n) is 3.41. The number of hydrogen-bond donors (Lipinski definition) is 0. The van der Waals surface area contributed by atoms with Gasteiger partial charge in [0.2, 0.25) is 0 Å². The van der Waals surface area contributed by atoms with E-state index in [2.05, 4.69) is 0 Å². The van der Waals surface area contributed by atoms with Gasteiger partial charge in [0.15, 0.2) is 0 Å². The summed E-state index contributed by atoms with van der Waals surface area (Å²) in [4.78, 5) is 13.5. The second kappa shape index (κ2) is 7.32. The zero-order chi connectivity index (χ0) is 18.0. The highest BCUT2D eigenvalue weighted by atomic mass is 19.4. The van der Waals surface area contributed by atoms with Crippen LogP contribution < -0.4 is 0 Å². The molecule has 0 spiro atoms. The summed E-state index contributed by atoms with van der Waals surface area (Å²) >= 11 is 0. The molecular formula is C18H21F4NO2. The van der Waals surface area contributed by atoms with Crippen LogP contribution in [0.15, 0.2) is 24.3 Å². The van der Waals surface area contributed by atoms with Crippen molar-refractivity contribution in [2.45, 2.75) is 31.4 Å². The Labute approximate surface area is 143 Å². The van der Waals surface area contributed by atoms with Crippen molar-refractivity contribution >= 4 is 5.97 Å². The van der Waals surface area contributed by atoms with Gasteiger partial charge in [-0.15, -0.1) is 0 Å². The molecule has 3 nitrogen and oxygen atoms in total. The van der Waals surface area contributed by atoms with E-state index in [1.54, 1.807) is 12.1 Å². The Morgan fingerprint density at radius 1 is 1.16 bits per heavy atom. The number of ether oxygens (including phenoxy) is 1. The third kappa shape index (κ3) is 5.17. The largest absolute Gasteiger partial charge is 0.465 e. The van der Waals surface area contributed by atoms with Gasteiger partial charge in [-0.3, -0.25) is 9.69 Å². The molecule has 3 rings (SSSR count). The van der Waals surface area contributed by atoms with Crippen molar-refractivity contribution in [3.63, 3.8) is 0 Å². The van der Waals surface area contributed by atoms with Gasteiger partial charge in [-0.25, -0.2) is 4.39 Å². The van der Waals surface area contributed by atoms with Gasteiger partial charge >= 0.3 is 12.1 Å². The second-order valence-corrected chi connectivity index (χ2v) is 6.96. The van der Waals surface area contributed by atoms with Crippen molar-refractivity contribution in [1.29, 1.82) is 0 Å². The van der Waals surface area contributed by atoms with Crippen LogP contribution in [0.1, 0.15) is 30.7 Å². The van der Waals surface area contributed by atoms with E-state index >= 15 is 0 Å². The summed E-state index contributed by atoms with van der Waals surface area (Å²) in [5.41, 5.74) is 0.934. The lowest BCUT2D eigenvalue weighted by atomic mass is 9.98. The van der Waals surface area contributed by atoms with Crippen molar-refractivity contribution < 1.29 is 27.1 Å². The van der Waals surface area contributed by atoms with Crippen molar-refractivity contribution in [2.24, 2.45) is 11.8 Å². The molecule has 138 valence electrons. The summed E-state index contributed by atoms with van der Waals surface area (Å²) in [5, 5.41) is 0. The van der Waals surface area contributed by atoms with Gasteiger partial charge in [-0.1, -0.05) is 12.1 Å². The Morgan fingerprint density at radius 3 is 2.40 bits per heavy atom. The van der Waals surface area contributed by atoms with Crippen LogP contribution in [0.25, 0.3) is 0 Å². The van der Waals surface area contributed by atoms with Crippen LogP contribution >= 0.6 is 0 Å². The molecule has 2 aliphatic rings. The lowest BCUT2D eigenvalue weighted by molar-refractivity contribution is -0.151. The number of piperidine rings is 1. The molecule has 2 unspecified atom stereocenters. The quantitative estimate of drug-likeness (QED) is 0.592. The molecule has 1 aliphatic heterocycles. The van der Waals surface area contributed by atoms with Gasteiger partial charge in [0, 0.05) is 0 Å². The van der Waals surface area contributed by atoms with Gasteiger partial charge in [0.25, 0.3) is 0 Å². The number of carbonyl (C=O) groups excluding carboxylic acids is 1. The first-order valence-electron chi connectivity index (χ1n) is 8.53. The molecule has 7 heteroatoms. The summed E-state index contributed by atoms with van der Waals surface area (Å²) in [6.07, 6.45) is -2.25. The first-order chi connectivity index (χ1) is 11.8. The molecule has 0 amide bonds. The predicted molar refractivity (Wildman–Crippen MR) is 83.4 cm³/mol. The summed E-state index contributed by atoms with van der Waals surface area (Å²) in [5.74, 6) is -0.540. The first-order valence-corrected chi connectivity index (χ1v) is 8.53. The van der Waals surface area contributed by atoms with Crippen LogP contribution in [0.2, 0.25) is 0 Å². The summed E-state index contributed by atoms with van der Waals surface area (Å²) in [6, 6.07) is 6.13. The van der Waals surface area contributed by atoms with Crippen molar-refractivity contribution in [2.75, 3.05) is 26.2 Å². The standard InChI is InChI=1S/C18H21F4NO2/c19-14-3-1-13(2-4-14)15-9-16(15)17(24)25-10-12-5-7-23(8-6-12)11-18(20,21)22/h1-4,12,15-16H,5-11H2. The van der Waals surface area contributed by atoms with E-state index in [9.17, 15) is 22.4 Å². The molecule has 1 aliphatic carbocycles. The molecule has 2 fully saturated rings. The second-order valence-electron chi connectivity index (χ2n) is 6.96. The van der Waals surface area contributed by atoms with Gasteiger partial charge in [-0.2, -0.15) is 13.2 Å². The van der Waals surface area contributed by atoms with Crippen LogP contribution in [0, 0.1) is 17.7 Å². The summed E-state index contributed by atoms with van der Waals surface area (Å²) < 4.78 is 55.3. The molecule has 2 atom stereocenters. The van der Waals surface area contributed by atoms with Gasteiger partial charge in [0.1, 0.15) is 5.82 Å². The number of hydrogen-bond acceptors (Lipinski definition) is 3. The fraction of sp³-hybridized carbons (Fsp3) is 0.611. The zero-order valence-corrected chi connectivity index (χ0v) is 13.8. The minimum absolute atomic E-state index is 0.0849. The highest BCUT2D eigenvalue weighted by Crippen LogP contribution is 2.48. The van der Waals surface area contributed by atoms with Crippen LogP contribution in [0.5, 0.6) is 0 Å². The number of benzene rings is 1. The highest BCUT2D eigenvalue weighted by Gasteiger charge is 2.45. The van der Waals surface area contributed by atoms with Crippen molar-refractivity contribution in [1.82, 2.24) is 4.90 Å². The number of alkyl halides is 3. The molecule has 1 aromatic carbocycles. The van der Waals surface area contributed by atoms with Gasteiger partial charge < -0.3 is 4.74 Å². The Balaban J connectivity index is 1.37. The van der Waals surface area contributed by atoms with Gasteiger partial charge in [0.05, 0.1) is 19.1 Å². The number of halogens is 4. The predicted octanol–water partition coefficient (Wildman–Crippen LogP) is 3.75. The fourth-order valence-corrected chi connectivity index (χ4v) is 3.41. The average molecular weight is 359 g/mol. The third-order valence-corrected chi connectivity index (χ3v) is 4.96. The normalized spacial score (nSPS) is 25.0. The molecule has 25 heavy (non-hydrogen) atoms. The van der Waals surface area contributed by atoms with E-state index < -0.39 is 12.7 Å². The van der Waals surface area contributed by atoms with E-state index in [1.165, 1.54) is 17.0 Å². The van der Waals surface area contributed by atoms with Gasteiger partial charge in [-0.05, 0) is 61.9 Å². The van der Waals surface area contributed by atoms with Crippen LogP contribution in [-0.4, -0.2) is 43.3 Å². The van der Waals surface area contributed by atoms with E-state index in [1.807, 2.05) is 0 Å². The maximum absolute atomic E-state index is 12.9. The summed E-state index contributed by atoms with van der Waals surface area (Å²) in [7, 11) is 0. The monoisotopic (exact) mass is 359 g/mol. The SMILES string of the molecule is O=C(OCC1CCN(CC(F)(F)F)CC1)C1CC1c1ccc(F)cc1. The number of carbonyl (C=O) groups is 1. The Bertz CT molecular complexity index is 594. The molecule has 1 saturated carbocycles. The molecule has 0 aromatic heterocycles. The molecule has 0 bridgehead atoms. The van der Waals surface area contributed by atoms with Crippen molar-refractivity contribution in [3.05, 3.63) is 35.6 Å². The minimum atomic E-state index is -4.17. The summed E-state index contributed by atoms with van der Waals surface area (Å²) in [6.45, 7) is 0.152. The highest BCUT2D eigenvalue weighted by molar-refractivity contribution is 5.77. The Hall–Kier alpha value is -1.63. The van der Waals surface area contributed by atoms with Crippen LogP contribution in [0.4, 0.5) is 17.6 Å². The number of nitrogens with zero attached hydrogens (tertiary/aromatic N) is 1. The maximum Gasteiger partial charge on any atom is 0.401 e. The van der Waals surface area contributed by atoms with Crippen LogP contribution in [-0.2, 0) is 9.53 Å². The minimum Gasteiger partial charge on any atom is -0.465 e. The van der Waals surface area contributed by atoms with Crippen molar-refractivity contribution in [3.8, 4) is 0 Å². The van der Waals surface area contributed by atoms with E-state index in [0.29, 0.717) is 32.4 Å². The first kappa shape index (κ1) is 18.2. The molecule has 1 aromatic rings. The van der Waals surface area contributed by atoms with E-state index in [0.717, 1.165) is 5.56 Å². The topological polar surface area (TPSA) is 29.5 Å². The Kier molecular flexibility index (Phi) is 5.32. The lowest BCUT2D eigenvalue weighted by Gasteiger charge is -2.32. The molecule has 1 heterocycles.